The molecule has 0 saturated carbocycles. The van der Waals surface area contributed by atoms with Gasteiger partial charge in [0.25, 0.3) is 10.0 Å². The van der Waals surface area contributed by atoms with Crippen LogP contribution in [0.2, 0.25) is 5.02 Å². The van der Waals surface area contributed by atoms with Crippen molar-refractivity contribution in [1.82, 2.24) is 14.4 Å². The third-order valence-corrected chi connectivity index (χ3v) is 9.17. The zero-order chi connectivity index (χ0) is 22.9. The molecule has 1 amide bonds. The Balaban J connectivity index is 1.48. The summed E-state index contributed by atoms with van der Waals surface area (Å²) in [6.07, 6.45) is 1.83. The smallest absolute Gasteiger partial charge is 0.252 e. The van der Waals surface area contributed by atoms with E-state index < -0.39 is 15.9 Å². The first kappa shape index (κ1) is 22.9. The summed E-state index contributed by atoms with van der Waals surface area (Å²) in [6, 6.07) is 6.87. The van der Waals surface area contributed by atoms with E-state index in [0.717, 1.165) is 16.9 Å². The number of halogens is 1. The van der Waals surface area contributed by atoms with Crippen LogP contribution in [0, 0.1) is 12.8 Å². The lowest BCUT2D eigenvalue weighted by molar-refractivity contribution is -0.120. The van der Waals surface area contributed by atoms with Gasteiger partial charge < -0.3 is 9.84 Å². The average Bonchev–Trinajstić information content (AvgIpc) is 3.47. The van der Waals surface area contributed by atoms with E-state index in [9.17, 15) is 13.2 Å². The van der Waals surface area contributed by atoms with Gasteiger partial charge in [0, 0.05) is 41.2 Å². The van der Waals surface area contributed by atoms with Crippen LogP contribution in [0.5, 0.6) is 0 Å². The standard InChI is InChI=1S/C21H23ClN4O4S2/c1-3-18-24-20(25-30-18)15-10-19(31-12-15)32(28,29)26-9-5-6-14(11-26)21(27)23-17-8-4-7-16(22)13(17)2/h4,7-8,10,12,14H,3,5-6,9,11H2,1-2H3,(H,23,27)/t14-/m0/s1. The molecule has 170 valence electrons. The predicted molar refractivity (Wildman–Crippen MR) is 123 cm³/mol. The number of rotatable bonds is 6. The summed E-state index contributed by atoms with van der Waals surface area (Å²) in [7, 11) is -3.74. The number of sulfonamides is 1. The van der Waals surface area contributed by atoms with Gasteiger partial charge in [0.15, 0.2) is 0 Å². The molecular formula is C21H23ClN4O4S2. The van der Waals surface area contributed by atoms with E-state index in [4.69, 9.17) is 16.1 Å². The molecule has 0 radical (unpaired) electrons. The van der Waals surface area contributed by atoms with Crippen LogP contribution in [-0.4, -0.2) is 41.9 Å². The van der Waals surface area contributed by atoms with Gasteiger partial charge in [-0.1, -0.05) is 29.7 Å². The molecule has 1 fully saturated rings. The molecule has 1 N–H and O–H groups in total. The van der Waals surface area contributed by atoms with Crippen molar-refractivity contribution in [3.8, 4) is 11.4 Å². The molecule has 4 rings (SSSR count). The van der Waals surface area contributed by atoms with E-state index in [1.165, 1.54) is 4.31 Å². The van der Waals surface area contributed by atoms with Crippen LogP contribution in [0.3, 0.4) is 0 Å². The Bertz CT molecular complexity index is 1240. The summed E-state index contributed by atoms with van der Waals surface area (Å²) in [6.45, 7) is 4.23. The molecule has 3 aromatic rings. The van der Waals surface area contributed by atoms with Crippen molar-refractivity contribution in [2.45, 2.75) is 37.3 Å². The van der Waals surface area contributed by atoms with Gasteiger partial charge in [-0.3, -0.25) is 4.79 Å². The van der Waals surface area contributed by atoms with E-state index in [1.54, 1.807) is 29.6 Å². The van der Waals surface area contributed by atoms with Crippen molar-refractivity contribution >= 4 is 44.6 Å². The van der Waals surface area contributed by atoms with E-state index in [0.29, 0.717) is 53.8 Å². The Morgan fingerprint density at radius 2 is 2.22 bits per heavy atom. The van der Waals surface area contributed by atoms with Crippen LogP contribution >= 0.6 is 22.9 Å². The summed E-state index contributed by atoms with van der Waals surface area (Å²) >= 11 is 7.25. The van der Waals surface area contributed by atoms with E-state index in [-0.39, 0.29) is 16.7 Å². The SMILES string of the molecule is CCc1nc(-c2csc(S(=O)(=O)N3CCC[C@H](C(=O)Nc4cccc(Cl)c4C)C3)c2)no1. The number of carbonyl (C=O) groups excluding carboxylic acids is 1. The molecule has 0 aliphatic carbocycles. The van der Waals surface area contributed by atoms with Crippen molar-refractivity contribution in [3.05, 3.63) is 46.1 Å². The lowest BCUT2D eigenvalue weighted by Gasteiger charge is -2.31. The maximum absolute atomic E-state index is 13.2. The van der Waals surface area contributed by atoms with Gasteiger partial charge in [0.05, 0.1) is 5.92 Å². The van der Waals surface area contributed by atoms with Gasteiger partial charge >= 0.3 is 0 Å². The van der Waals surface area contributed by atoms with E-state index in [2.05, 4.69) is 15.5 Å². The second-order valence-electron chi connectivity index (χ2n) is 7.62. The number of aryl methyl sites for hydroxylation is 1. The van der Waals surface area contributed by atoms with Crippen LogP contribution < -0.4 is 5.32 Å². The molecule has 0 unspecified atom stereocenters. The highest BCUT2D eigenvalue weighted by molar-refractivity contribution is 7.91. The summed E-state index contributed by atoms with van der Waals surface area (Å²) in [5.41, 5.74) is 2.01. The minimum atomic E-state index is -3.74. The number of benzene rings is 1. The second-order valence-corrected chi connectivity index (χ2v) is 11.1. The number of hydrogen-bond donors (Lipinski definition) is 1. The number of aromatic nitrogens is 2. The Hall–Kier alpha value is -2.27. The number of carbonyl (C=O) groups is 1. The maximum Gasteiger partial charge on any atom is 0.252 e. The molecular weight excluding hydrogens is 472 g/mol. The third-order valence-electron chi connectivity index (χ3n) is 5.48. The molecule has 1 atom stereocenters. The van der Waals surface area contributed by atoms with E-state index >= 15 is 0 Å². The van der Waals surface area contributed by atoms with Crippen LogP contribution in [-0.2, 0) is 21.2 Å². The molecule has 1 aliphatic heterocycles. The zero-order valence-electron chi connectivity index (χ0n) is 17.7. The predicted octanol–water partition coefficient (Wildman–Crippen LogP) is 4.36. The van der Waals surface area contributed by atoms with Gasteiger partial charge in [-0.2, -0.15) is 9.29 Å². The first-order valence-electron chi connectivity index (χ1n) is 10.3. The minimum absolute atomic E-state index is 0.128. The van der Waals surface area contributed by atoms with Gasteiger partial charge in [0.2, 0.25) is 17.6 Å². The number of nitrogens with zero attached hydrogens (tertiary/aromatic N) is 3. The molecule has 0 spiro atoms. The molecule has 3 heterocycles. The highest BCUT2D eigenvalue weighted by atomic mass is 35.5. The van der Waals surface area contributed by atoms with Crippen LogP contribution in [0.15, 0.2) is 38.4 Å². The normalized spacial score (nSPS) is 17.4. The summed E-state index contributed by atoms with van der Waals surface area (Å²) < 4.78 is 33.2. The van der Waals surface area contributed by atoms with Crippen molar-refractivity contribution < 1.29 is 17.7 Å². The molecule has 1 aliphatic rings. The second kappa shape index (κ2) is 9.30. The summed E-state index contributed by atoms with van der Waals surface area (Å²) in [5.74, 6) is 0.212. The topological polar surface area (TPSA) is 105 Å². The van der Waals surface area contributed by atoms with Gasteiger partial charge in [-0.15, -0.1) is 11.3 Å². The summed E-state index contributed by atoms with van der Waals surface area (Å²) in [4.78, 5) is 17.1. The Morgan fingerprint density at radius 3 is 2.97 bits per heavy atom. The van der Waals surface area contributed by atoms with E-state index in [1.807, 2.05) is 13.8 Å². The highest BCUT2D eigenvalue weighted by Crippen LogP contribution is 2.32. The van der Waals surface area contributed by atoms with Crippen LogP contribution in [0.1, 0.15) is 31.2 Å². The number of thiophene rings is 1. The lowest BCUT2D eigenvalue weighted by atomic mass is 9.98. The number of hydrogen-bond acceptors (Lipinski definition) is 7. The number of piperidine rings is 1. The quantitative estimate of drug-likeness (QED) is 0.545. The zero-order valence-corrected chi connectivity index (χ0v) is 20.1. The Morgan fingerprint density at radius 1 is 1.41 bits per heavy atom. The number of nitrogens with one attached hydrogen (secondary N) is 1. The largest absolute Gasteiger partial charge is 0.339 e. The molecule has 2 aromatic heterocycles. The average molecular weight is 495 g/mol. The highest BCUT2D eigenvalue weighted by Gasteiger charge is 2.34. The van der Waals surface area contributed by atoms with Gasteiger partial charge in [-0.25, -0.2) is 8.42 Å². The molecule has 0 bridgehead atoms. The monoisotopic (exact) mass is 494 g/mol. The fraction of sp³-hybridized carbons (Fsp3) is 0.381. The van der Waals surface area contributed by atoms with Gasteiger partial charge in [-0.05, 0) is 43.5 Å². The lowest BCUT2D eigenvalue weighted by Crippen LogP contribution is -2.43. The van der Waals surface area contributed by atoms with Crippen molar-refractivity contribution in [1.29, 1.82) is 0 Å². The molecule has 32 heavy (non-hydrogen) atoms. The van der Waals surface area contributed by atoms with Crippen molar-refractivity contribution in [2.24, 2.45) is 5.92 Å². The van der Waals surface area contributed by atoms with Crippen molar-refractivity contribution in [2.75, 3.05) is 18.4 Å². The molecule has 8 nitrogen and oxygen atoms in total. The summed E-state index contributed by atoms with van der Waals surface area (Å²) in [5, 5.41) is 9.07. The van der Waals surface area contributed by atoms with Crippen LogP contribution in [0.25, 0.3) is 11.4 Å². The van der Waals surface area contributed by atoms with Crippen LogP contribution in [0.4, 0.5) is 5.69 Å². The first-order valence-corrected chi connectivity index (χ1v) is 13.0. The van der Waals surface area contributed by atoms with Gasteiger partial charge in [0.1, 0.15) is 4.21 Å². The third kappa shape index (κ3) is 4.59. The Kier molecular flexibility index (Phi) is 6.66. The minimum Gasteiger partial charge on any atom is -0.339 e. The maximum atomic E-state index is 13.2. The molecule has 1 saturated heterocycles. The Labute approximate surface area is 195 Å². The molecule has 11 heteroatoms. The molecule has 1 aromatic carbocycles. The fourth-order valence-electron chi connectivity index (χ4n) is 3.56. The number of amides is 1. The fourth-order valence-corrected chi connectivity index (χ4v) is 6.57. The van der Waals surface area contributed by atoms with Crippen molar-refractivity contribution in [3.63, 3.8) is 0 Å². The number of anilines is 1. The first-order chi connectivity index (χ1) is 15.3.